The van der Waals surface area contributed by atoms with E-state index in [0.717, 1.165) is 6.08 Å². The molecule has 0 spiro atoms. The molecule has 0 rings (SSSR count). The summed E-state index contributed by atoms with van der Waals surface area (Å²) >= 11 is 0. The standard InChI is InChI=1S/C10H19NO.CHNO/c1-3-5-7-10(6-4-2)8-11-9-12;2-1-3/h10H,3-8H2,1-2H3;2H. The molecule has 0 saturated carbocycles. The molecule has 0 aromatic carbocycles. The molecule has 0 bridgehead atoms. The first-order valence-corrected chi connectivity index (χ1v) is 5.34. The van der Waals surface area contributed by atoms with E-state index in [1.165, 1.54) is 32.1 Å². The van der Waals surface area contributed by atoms with Crippen LogP contribution in [0.5, 0.6) is 0 Å². The molecule has 0 heterocycles. The van der Waals surface area contributed by atoms with Gasteiger partial charge < -0.3 is 0 Å². The molecule has 1 atom stereocenters. The van der Waals surface area contributed by atoms with E-state index in [4.69, 9.17) is 10.2 Å². The van der Waals surface area contributed by atoms with E-state index in [1.54, 1.807) is 6.08 Å². The van der Waals surface area contributed by atoms with Crippen LogP contribution in [0.25, 0.3) is 0 Å². The first kappa shape index (κ1) is 16.2. The quantitative estimate of drug-likeness (QED) is 0.520. The summed E-state index contributed by atoms with van der Waals surface area (Å²) in [5.74, 6) is 0.608. The second kappa shape index (κ2) is 15.2. The van der Waals surface area contributed by atoms with Crippen molar-refractivity contribution in [3.8, 4) is 0 Å². The summed E-state index contributed by atoms with van der Waals surface area (Å²) in [6.45, 7) is 5.03. The van der Waals surface area contributed by atoms with Crippen LogP contribution in [-0.4, -0.2) is 18.7 Å². The minimum Gasteiger partial charge on any atom is -0.222 e. The highest BCUT2D eigenvalue weighted by molar-refractivity contribution is 5.32. The fourth-order valence-electron chi connectivity index (χ4n) is 1.39. The van der Waals surface area contributed by atoms with Gasteiger partial charge in [0.05, 0.1) is 6.54 Å². The van der Waals surface area contributed by atoms with Gasteiger partial charge in [0.1, 0.15) is 0 Å². The van der Waals surface area contributed by atoms with Crippen LogP contribution in [0, 0.1) is 11.3 Å². The number of unbranched alkanes of at least 4 members (excludes halogenated alkanes) is 1. The number of rotatable bonds is 7. The predicted molar refractivity (Wildman–Crippen MR) is 59.3 cm³/mol. The van der Waals surface area contributed by atoms with E-state index < -0.39 is 0 Å². The van der Waals surface area contributed by atoms with Crippen LogP contribution in [0.3, 0.4) is 0 Å². The maximum absolute atomic E-state index is 9.90. The molecule has 0 fully saturated rings. The largest absolute Gasteiger partial charge is 0.234 e. The van der Waals surface area contributed by atoms with Gasteiger partial charge in [0.2, 0.25) is 12.2 Å². The number of aliphatic imine (C=N–C) groups is 1. The summed E-state index contributed by atoms with van der Waals surface area (Å²) in [4.78, 5) is 21.9. The topological polar surface area (TPSA) is 70.3 Å². The van der Waals surface area contributed by atoms with Crippen LogP contribution < -0.4 is 0 Å². The average molecular weight is 212 g/mol. The molecule has 0 aliphatic carbocycles. The molecule has 15 heavy (non-hydrogen) atoms. The van der Waals surface area contributed by atoms with Gasteiger partial charge in [-0.15, -0.1) is 0 Å². The Hall–Kier alpha value is -1.24. The Morgan fingerprint density at radius 2 is 1.80 bits per heavy atom. The van der Waals surface area contributed by atoms with E-state index in [0.29, 0.717) is 12.5 Å². The molecule has 86 valence electrons. The minimum atomic E-state index is 0.608. The van der Waals surface area contributed by atoms with Crippen molar-refractivity contribution >= 4 is 12.2 Å². The number of nitrogens with one attached hydrogen (secondary N) is 1. The van der Waals surface area contributed by atoms with Gasteiger partial charge in [-0.2, -0.15) is 0 Å². The Labute approximate surface area is 91.3 Å². The normalized spacial score (nSPS) is 10.3. The van der Waals surface area contributed by atoms with Gasteiger partial charge in [0, 0.05) is 0 Å². The number of isocyanates is 2. The van der Waals surface area contributed by atoms with Crippen molar-refractivity contribution in [3.05, 3.63) is 0 Å². The molecule has 0 aliphatic rings. The average Bonchev–Trinajstić information content (AvgIpc) is 2.23. The summed E-state index contributed by atoms with van der Waals surface area (Å²) < 4.78 is 0. The molecular formula is C11H20N2O2. The number of nitrogens with zero attached hydrogens (tertiary/aromatic N) is 1. The minimum absolute atomic E-state index is 0.608. The smallest absolute Gasteiger partial charge is 0.222 e. The lowest BCUT2D eigenvalue weighted by atomic mass is 9.97. The summed E-state index contributed by atoms with van der Waals surface area (Å²) in [6.07, 6.45) is 8.41. The summed E-state index contributed by atoms with van der Waals surface area (Å²) in [5.41, 5.74) is 0. The molecule has 0 aromatic heterocycles. The molecule has 0 aliphatic heterocycles. The first-order valence-electron chi connectivity index (χ1n) is 5.34. The summed E-state index contributed by atoms with van der Waals surface area (Å²) in [6, 6.07) is 0. The van der Waals surface area contributed by atoms with Crippen molar-refractivity contribution in [1.82, 2.24) is 0 Å². The Balaban J connectivity index is 0. The molecule has 1 N–H and O–H groups in total. The van der Waals surface area contributed by atoms with Gasteiger partial charge in [-0.05, 0) is 18.8 Å². The van der Waals surface area contributed by atoms with Gasteiger partial charge in [0.25, 0.3) is 0 Å². The zero-order chi connectivity index (χ0) is 11.9. The van der Waals surface area contributed by atoms with Crippen molar-refractivity contribution < 1.29 is 9.59 Å². The van der Waals surface area contributed by atoms with Crippen LogP contribution >= 0.6 is 0 Å². The monoisotopic (exact) mass is 212 g/mol. The van der Waals surface area contributed by atoms with Crippen molar-refractivity contribution in [2.75, 3.05) is 6.54 Å². The number of carbonyl (C=O) groups excluding carboxylic acids is 2. The molecule has 0 amide bonds. The summed E-state index contributed by atoms with van der Waals surface area (Å²) in [5, 5.41) is 5.40. The molecule has 0 radical (unpaired) electrons. The Kier molecular flexibility index (Phi) is 16.5. The van der Waals surface area contributed by atoms with E-state index >= 15 is 0 Å². The number of hydrogen-bond donors (Lipinski definition) is 1. The van der Waals surface area contributed by atoms with Crippen molar-refractivity contribution in [1.29, 1.82) is 5.41 Å². The zero-order valence-electron chi connectivity index (χ0n) is 9.58. The van der Waals surface area contributed by atoms with Crippen molar-refractivity contribution in [3.63, 3.8) is 0 Å². The van der Waals surface area contributed by atoms with Crippen LogP contribution in [0.1, 0.15) is 46.0 Å². The third kappa shape index (κ3) is 15.5. The van der Waals surface area contributed by atoms with Crippen LogP contribution in [0.15, 0.2) is 4.99 Å². The molecule has 4 heteroatoms. The van der Waals surface area contributed by atoms with E-state index in [2.05, 4.69) is 18.8 Å². The highest BCUT2D eigenvalue weighted by Crippen LogP contribution is 2.14. The summed E-state index contributed by atoms with van der Waals surface area (Å²) in [7, 11) is 0. The first-order chi connectivity index (χ1) is 7.26. The van der Waals surface area contributed by atoms with E-state index in [9.17, 15) is 4.79 Å². The third-order valence-electron chi connectivity index (χ3n) is 2.08. The lowest BCUT2D eigenvalue weighted by Gasteiger charge is -2.11. The SMILES string of the molecule is CCCCC(CCC)CN=C=O.N=C=O. The number of hydrogen-bond acceptors (Lipinski definition) is 4. The maximum atomic E-state index is 9.90. The lowest BCUT2D eigenvalue weighted by molar-refractivity contribution is 0.438. The van der Waals surface area contributed by atoms with Crippen LogP contribution in [-0.2, 0) is 9.59 Å². The third-order valence-corrected chi connectivity index (χ3v) is 2.08. The van der Waals surface area contributed by atoms with Gasteiger partial charge in [-0.25, -0.2) is 20.0 Å². The van der Waals surface area contributed by atoms with Crippen LogP contribution in [0.2, 0.25) is 0 Å². The molecule has 4 nitrogen and oxygen atoms in total. The fourth-order valence-corrected chi connectivity index (χ4v) is 1.39. The predicted octanol–water partition coefficient (Wildman–Crippen LogP) is 2.83. The highest BCUT2D eigenvalue weighted by Gasteiger charge is 2.05. The van der Waals surface area contributed by atoms with Gasteiger partial charge in [-0.1, -0.05) is 33.1 Å². The van der Waals surface area contributed by atoms with Gasteiger partial charge >= 0.3 is 0 Å². The van der Waals surface area contributed by atoms with Gasteiger partial charge in [0.15, 0.2) is 0 Å². The molecular weight excluding hydrogens is 192 g/mol. The van der Waals surface area contributed by atoms with E-state index in [-0.39, 0.29) is 0 Å². The fraction of sp³-hybridized carbons (Fsp3) is 0.818. The zero-order valence-corrected chi connectivity index (χ0v) is 9.58. The molecule has 0 aromatic rings. The maximum Gasteiger partial charge on any atom is 0.234 e. The Bertz CT molecular complexity index is 205. The molecule has 0 saturated heterocycles. The van der Waals surface area contributed by atoms with Gasteiger partial charge in [-0.3, -0.25) is 0 Å². The second-order valence-electron chi connectivity index (χ2n) is 3.33. The van der Waals surface area contributed by atoms with Crippen molar-refractivity contribution in [2.24, 2.45) is 10.9 Å². The lowest BCUT2D eigenvalue weighted by Crippen LogP contribution is -2.04. The second-order valence-corrected chi connectivity index (χ2v) is 3.33. The van der Waals surface area contributed by atoms with E-state index in [1.807, 2.05) is 0 Å². The molecule has 1 unspecified atom stereocenters. The Morgan fingerprint density at radius 1 is 1.20 bits per heavy atom. The van der Waals surface area contributed by atoms with Crippen LogP contribution in [0.4, 0.5) is 0 Å². The highest BCUT2D eigenvalue weighted by atomic mass is 16.1. The Morgan fingerprint density at radius 3 is 2.20 bits per heavy atom. The van der Waals surface area contributed by atoms with Crippen molar-refractivity contribution in [2.45, 2.75) is 46.0 Å².